The predicted octanol–water partition coefficient (Wildman–Crippen LogP) is 0.696. The molecule has 23 heavy (non-hydrogen) atoms. The number of Topliss-reactive ketones (excluding diaryl/α,β-unsaturated/α-hetero) is 1. The van der Waals surface area contributed by atoms with Gasteiger partial charge in [0.05, 0.1) is 14.1 Å². The van der Waals surface area contributed by atoms with Gasteiger partial charge in [-0.25, -0.2) is 0 Å². The van der Waals surface area contributed by atoms with E-state index in [1.54, 1.807) is 0 Å². The van der Waals surface area contributed by atoms with Crippen molar-refractivity contribution in [2.24, 2.45) is 0 Å². The van der Waals surface area contributed by atoms with E-state index in [1.807, 2.05) is 24.3 Å². The molecule has 0 fully saturated rings. The van der Waals surface area contributed by atoms with Gasteiger partial charge in [0.25, 0.3) is 0 Å². The van der Waals surface area contributed by atoms with E-state index in [9.17, 15) is 4.79 Å². The first-order valence-electron chi connectivity index (χ1n) is 7.80. The number of quaternary nitrogens is 1. The molecular weight excluding hydrogens is 350 g/mol. The third kappa shape index (κ3) is 5.92. The summed E-state index contributed by atoms with van der Waals surface area (Å²) in [5.41, 5.74) is 4.88. The highest BCUT2D eigenvalue weighted by molar-refractivity contribution is 5.82. The van der Waals surface area contributed by atoms with Crippen LogP contribution in [0, 0.1) is 13.8 Å². The predicted molar refractivity (Wildman–Crippen MR) is 91.7 cm³/mol. The maximum atomic E-state index is 12.5. The van der Waals surface area contributed by atoms with E-state index < -0.39 is 0 Å². The standard InChI is InChI=1S/C20H26NO.BrH/c1-16-9-8-10-17(2)20(16)13-19(22)15-21(3,4)14-18-11-6-5-7-12-18;/h5-12H,13-15H2,1-4H3;1H/q+1;/p-1. The highest BCUT2D eigenvalue weighted by Gasteiger charge is 2.21. The third-order valence-corrected chi connectivity index (χ3v) is 4.08. The molecule has 0 amide bonds. The largest absolute Gasteiger partial charge is 1.00 e. The summed E-state index contributed by atoms with van der Waals surface area (Å²) in [6, 6.07) is 16.6. The smallest absolute Gasteiger partial charge is 0.191 e. The van der Waals surface area contributed by atoms with Crippen LogP contribution >= 0.6 is 0 Å². The topological polar surface area (TPSA) is 17.1 Å². The number of aryl methyl sites for hydroxylation is 2. The molecule has 0 unspecified atom stereocenters. The summed E-state index contributed by atoms with van der Waals surface area (Å²) in [6.07, 6.45) is 0.537. The lowest BCUT2D eigenvalue weighted by molar-refractivity contribution is -0.895. The lowest BCUT2D eigenvalue weighted by atomic mass is 9.98. The fraction of sp³-hybridized carbons (Fsp3) is 0.350. The summed E-state index contributed by atoms with van der Waals surface area (Å²) >= 11 is 0. The first kappa shape index (κ1) is 19.6. The maximum Gasteiger partial charge on any atom is 0.191 e. The SMILES string of the molecule is Cc1cccc(C)c1CC(=O)C[N+](C)(C)Cc1ccccc1.[Br-]. The van der Waals surface area contributed by atoms with Gasteiger partial charge in [0, 0.05) is 12.0 Å². The summed E-state index contributed by atoms with van der Waals surface area (Å²) in [4.78, 5) is 12.5. The van der Waals surface area contributed by atoms with Gasteiger partial charge < -0.3 is 21.5 Å². The number of halogens is 1. The van der Waals surface area contributed by atoms with E-state index >= 15 is 0 Å². The summed E-state index contributed by atoms with van der Waals surface area (Å²) in [5, 5.41) is 0. The second-order valence-electron chi connectivity index (χ2n) is 6.82. The minimum atomic E-state index is 0. The lowest BCUT2D eigenvalue weighted by Gasteiger charge is -2.29. The second kappa shape index (κ2) is 8.42. The van der Waals surface area contributed by atoms with Gasteiger partial charge in [-0.2, -0.15) is 0 Å². The first-order valence-corrected chi connectivity index (χ1v) is 7.80. The van der Waals surface area contributed by atoms with Crippen LogP contribution in [0.2, 0.25) is 0 Å². The number of hydrogen-bond acceptors (Lipinski definition) is 1. The minimum Gasteiger partial charge on any atom is -1.00 e. The van der Waals surface area contributed by atoms with Crippen molar-refractivity contribution in [3.05, 3.63) is 70.8 Å². The fourth-order valence-corrected chi connectivity index (χ4v) is 2.99. The molecule has 0 bridgehead atoms. The van der Waals surface area contributed by atoms with E-state index in [0.717, 1.165) is 6.54 Å². The van der Waals surface area contributed by atoms with Crippen LogP contribution in [0.25, 0.3) is 0 Å². The second-order valence-corrected chi connectivity index (χ2v) is 6.82. The maximum absolute atomic E-state index is 12.5. The molecule has 0 spiro atoms. The minimum absolute atomic E-state index is 0. The summed E-state index contributed by atoms with van der Waals surface area (Å²) in [7, 11) is 4.24. The molecule has 0 saturated carbocycles. The molecule has 0 atom stereocenters. The van der Waals surface area contributed by atoms with Crippen molar-refractivity contribution >= 4 is 5.78 Å². The van der Waals surface area contributed by atoms with Crippen molar-refractivity contribution < 1.29 is 26.3 Å². The molecule has 0 aromatic heterocycles. The molecule has 0 saturated heterocycles. The Balaban J connectivity index is 0.00000264. The molecule has 2 aromatic carbocycles. The Bertz CT molecular complexity index is 630. The van der Waals surface area contributed by atoms with Gasteiger partial charge in [-0.05, 0) is 30.5 Å². The average Bonchev–Trinajstić information content (AvgIpc) is 2.43. The van der Waals surface area contributed by atoms with Gasteiger partial charge in [-0.1, -0.05) is 48.5 Å². The van der Waals surface area contributed by atoms with Crippen LogP contribution in [-0.2, 0) is 17.8 Å². The molecule has 2 rings (SSSR count). The number of rotatable bonds is 6. The van der Waals surface area contributed by atoms with Gasteiger partial charge >= 0.3 is 0 Å². The van der Waals surface area contributed by atoms with Crippen LogP contribution in [0.4, 0.5) is 0 Å². The van der Waals surface area contributed by atoms with Crippen LogP contribution in [0.15, 0.2) is 48.5 Å². The molecule has 2 aromatic rings. The number of ketones is 1. The van der Waals surface area contributed by atoms with Crippen LogP contribution in [0.5, 0.6) is 0 Å². The van der Waals surface area contributed by atoms with Crippen molar-refractivity contribution in [2.45, 2.75) is 26.8 Å². The number of likely N-dealkylation sites (N-methyl/N-ethyl adjacent to an activating group) is 1. The Kier molecular flexibility index (Phi) is 7.17. The zero-order valence-electron chi connectivity index (χ0n) is 14.5. The molecule has 0 aliphatic rings. The molecular formula is C20H26BrNO. The Morgan fingerprint density at radius 3 is 2.04 bits per heavy atom. The van der Waals surface area contributed by atoms with Gasteiger partial charge in [0.2, 0.25) is 0 Å². The van der Waals surface area contributed by atoms with E-state index in [0.29, 0.717) is 23.2 Å². The van der Waals surface area contributed by atoms with Crippen molar-refractivity contribution in [3.8, 4) is 0 Å². The third-order valence-electron chi connectivity index (χ3n) is 4.08. The average molecular weight is 376 g/mol. The highest BCUT2D eigenvalue weighted by atomic mass is 79.9. The summed E-state index contributed by atoms with van der Waals surface area (Å²) < 4.78 is 0.688. The zero-order valence-corrected chi connectivity index (χ0v) is 16.1. The van der Waals surface area contributed by atoms with E-state index in [2.05, 4.69) is 52.2 Å². The van der Waals surface area contributed by atoms with Gasteiger partial charge in [0.1, 0.15) is 13.1 Å². The number of carbonyl (C=O) groups is 1. The molecule has 0 aliphatic heterocycles. The monoisotopic (exact) mass is 375 g/mol. The Labute approximate surface area is 150 Å². The number of benzene rings is 2. The summed E-state index contributed by atoms with van der Waals surface area (Å²) in [5.74, 6) is 0.304. The van der Waals surface area contributed by atoms with Crippen LogP contribution in [-0.4, -0.2) is 30.9 Å². The Morgan fingerprint density at radius 2 is 1.48 bits per heavy atom. The Morgan fingerprint density at radius 1 is 0.913 bits per heavy atom. The Hall–Kier alpha value is -1.45. The van der Waals surface area contributed by atoms with Gasteiger partial charge in [0.15, 0.2) is 5.78 Å². The molecule has 0 heterocycles. The summed E-state index contributed by atoms with van der Waals surface area (Å²) in [6.45, 7) is 5.60. The van der Waals surface area contributed by atoms with Gasteiger partial charge in [-0.15, -0.1) is 0 Å². The molecule has 2 nitrogen and oxygen atoms in total. The molecule has 3 heteroatoms. The number of carbonyl (C=O) groups excluding carboxylic acids is 1. The van der Waals surface area contributed by atoms with E-state index in [1.165, 1.54) is 22.3 Å². The molecule has 124 valence electrons. The highest BCUT2D eigenvalue weighted by Crippen LogP contribution is 2.16. The molecule has 0 radical (unpaired) electrons. The molecule has 0 aliphatic carbocycles. The molecule has 0 N–H and O–H groups in total. The lowest BCUT2D eigenvalue weighted by Crippen LogP contribution is -3.00. The number of hydrogen-bond donors (Lipinski definition) is 0. The number of nitrogens with zero attached hydrogens (tertiary/aromatic N) is 1. The van der Waals surface area contributed by atoms with Crippen molar-refractivity contribution in [3.63, 3.8) is 0 Å². The van der Waals surface area contributed by atoms with Crippen molar-refractivity contribution in [2.75, 3.05) is 20.6 Å². The van der Waals surface area contributed by atoms with Gasteiger partial charge in [-0.3, -0.25) is 4.79 Å². The van der Waals surface area contributed by atoms with Crippen LogP contribution < -0.4 is 17.0 Å². The van der Waals surface area contributed by atoms with E-state index in [4.69, 9.17) is 0 Å². The van der Waals surface area contributed by atoms with Crippen molar-refractivity contribution in [1.82, 2.24) is 0 Å². The quantitative estimate of drug-likeness (QED) is 0.679. The van der Waals surface area contributed by atoms with Crippen molar-refractivity contribution in [1.29, 1.82) is 0 Å². The zero-order chi connectivity index (χ0) is 16.2. The first-order chi connectivity index (χ1) is 10.4. The van der Waals surface area contributed by atoms with Crippen LogP contribution in [0.3, 0.4) is 0 Å². The van der Waals surface area contributed by atoms with Crippen LogP contribution in [0.1, 0.15) is 22.3 Å². The fourth-order valence-electron chi connectivity index (χ4n) is 2.99. The normalized spacial score (nSPS) is 11.0. The van der Waals surface area contributed by atoms with E-state index in [-0.39, 0.29) is 17.0 Å².